The predicted molar refractivity (Wildman–Crippen MR) is 83.1 cm³/mol. The molecule has 6 heteroatoms. The maximum Gasteiger partial charge on any atom is 0.326 e. The van der Waals surface area contributed by atoms with Gasteiger partial charge in [0.2, 0.25) is 0 Å². The molecule has 0 aromatic carbocycles. The highest BCUT2D eigenvalue weighted by molar-refractivity contribution is 7.67. The Kier molecular flexibility index (Phi) is 7.71. The summed E-state index contributed by atoms with van der Waals surface area (Å²) in [6.07, 6.45) is 1.81. The third-order valence-corrected chi connectivity index (χ3v) is 6.04. The van der Waals surface area contributed by atoms with Crippen LogP contribution in [0.4, 0.5) is 0 Å². The zero-order valence-corrected chi connectivity index (χ0v) is 14.9. The largest absolute Gasteiger partial charge is 0.491 e. The minimum absolute atomic E-state index is 0.134. The summed E-state index contributed by atoms with van der Waals surface area (Å²) in [6, 6.07) is 0. The SMILES string of the molecule is C=C(OC)P(=O)(OCCCC)C(=C[Si](C)(C)C)OC. The summed E-state index contributed by atoms with van der Waals surface area (Å²) in [5.41, 5.74) is 2.42. The van der Waals surface area contributed by atoms with E-state index in [0.29, 0.717) is 12.1 Å². The maximum absolute atomic E-state index is 13.0. The van der Waals surface area contributed by atoms with Crippen molar-refractivity contribution in [3.8, 4) is 0 Å². The van der Waals surface area contributed by atoms with Crippen molar-refractivity contribution in [3.05, 3.63) is 23.3 Å². The molecule has 0 radical (unpaired) electrons. The van der Waals surface area contributed by atoms with Gasteiger partial charge in [0.05, 0.1) is 28.9 Å². The van der Waals surface area contributed by atoms with Crippen molar-refractivity contribution in [3.63, 3.8) is 0 Å². The Morgan fingerprint density at radius 2 is 1.84 bits per heavy atom. The Balaban J connectivity index is 5.38. The van der Waals surface area contributed by atoms with E-state index < -0.39 is 15.4 Å². The molecule has 4 nitrogen and oxygen atoms in total. The minimum atomic E-state index is -3.29. The van der Waals surface area contributed by atoms with Crippen LogP contribution < -0.4 is 0 Å². The van der Waals surface area contributed by atoms with Crippen LogP contribution in [0.3, 0.4) is 0 Å². The Bertz CT molecular complexity index is 371. The van der Waals surface area contributed by atoms with Crippen molar-refractivity contribution < 1.29 is 18.6 Å². The second-order valence-electron chi connectivity index (χ2n) is 5.39. The van der Waals surface area contributed by atoms with Crippen LogP contribution in [0.1, 0.15) is 19.8 Å². The molecule has 0 saturated carbocycles. The molecule has 0 amide bonds. The molecule has 0 aliphatic rings. The van der Waals surface area contributed by atoms with Crippen molar-refractivity contribution in [1.82, 2.24) is 0 Å². The maximum atomic E-state index is 13.0. The van der Waals surface area contributed by atoms with Crippen LogP contribution >= 0.6 is 7.37 Å². The minimum Gasteiger partial charge on any atom is -0.491 e. The first kappa shape index (κ1) is 18.5. The first-order chi connectivity index (χ1) is 8.71. The summed E-state index contributed by atoms with van der Waals surface area (Å²) in [6.45, 7) is 12.6. The number of hydrogen-bond acceptors (Lipinski definition) is 4. The Labute approximate surface area is 118 Å². The van der Waals surface area contributed by atoms with Gasteiger partial charge >= 0.3 is 7.37 Å². The van der Waals surface area contributed by atoms with Gasteiger partial charge in [-0.05, 0) is 12.1 Å². The lowest BCUT2D eigenvalue weighted by Crippen LogP contribution is -2.18. The topological polar surface area (TPSA) is 44.8 Å². The third-order valence-electron chi connectivity index (χ3n) is 2.39. The summed E-state index contributed by atoms with van der Waals surface area (Å²) < 4.78 is 29.0. The molecule has 0 bridgehead atoms. The van der Waals surface area contributed by atoms with E-state index in [1.54, 1.807) is 0 Å². The van der Waals surface area contributed by atoms with E-state index >= 15 is 0 Å². The normalized spacial score (nSPS) is 15.8. The molecule has 0 rings (SSSR count). The van der Waals surface area contributed by atoms with Gasteiger partial charge in [0.1, 0.15) is 0 Å². The van der Waals surface area contributed by atoms with Crippen molar-refractivity contribution in [1.29, 1.82) is 0 Å². The van der Waals surface area contributed by atoms with E-state index in [2.05, 4.69) is 33.1 Å². The van der Waals surface area contributed by atoms with Gasteiger partial charge in [0.25, 0.3) is 0 Å². The lowest BCUT2D eigenvalue weighted by Gasteiger charge is -2.23. The second-order valence-corrected chi connectivity index (χ2v) is 12.7. The van der Waals surface area contributed by atoms with Crippen molar-refractivity contribution >= 4 is 15.4 Å². The fourth-order valence-electron chi connectivity index (χ4n) is 1.35. The molecule has 1 atom stereocenters. The van der Waals surface area contributed by atoms with Crippen LogP contribution in [0.2, 0.25) is 19.6 Å². The standard InChI is InChI=1S/C13H27O4PSi/c1-8-9-10-17-18(14,12(2)15-3)13(16-4)11-19(5,6)7/h11H,2,8-10H2,1,3-7H3. The van der Waals surface area contributed by atoms with Gasteiger partial charge < -0.3 is 14.0 Å². The molecule has 112 valence electrons. The molecule has 0 aromatic rings. The molecule has 0 spiro atoms. The van der Waals surface area contributed by atoms with Gasteiger partial charge in [-0.3, -0.25) is 4.57 Å². The molecule has 19 heavy (non-hydrogen) atoms. The highest BCUT2D eigenvalue weighted by Gasteiger charge is 2.36. The summed E-state index contributed by atoms with van der Waals surface area (Å²) in [5.74, 6) is 0. The Morgan fingerprint density at radius 3 is 2.21 bits per heavy atom. The van der Waals surface area contributed by atoms with Gasteiger partial charge in [-0.1, -0.05) is 39.6 Å². The molecule has 0 aromatic heterocycles. The highest BCUT2D eigenvalue weighted by Crippen LogP contribution is 2.62. The van der Waals surface area contributed by atoms with Crippen molar-refractivity contribution in [2.24, 2.45) is 0 Å². The third kappa shape index (κ3) is 5.98. The summed E-state index contributed by atoms with van der Waals surface area (Å²) in [5, 5.41) is 0. The van der Waals surface area contributed by atoms with E-state index in [1.807, 2.05) is 5.70 Å². The summed E-state index contributed by atoms with van der Waals surface area (Å²) in [4.78, 5) is 0. The summed E-state index contributed by atoms with van der Waals surface area (Å²) in [7, 11) is -1.93. The first-order valence-electron chi connectivity index (χ1n) is 6.46. The average Bonchev–Trinajstić information content (AvgIpc) is 2.33. The number of hydrogen-bond donors (Lipinski definition) is 0. The van der Waals surface area contributed by atoms with E-state index in [-0.39, 0.29) is 5.50 Å². The van der Waals surface area contributed by atoms with Crippen LogP contribution in [-0.4, -0.2) is 28.9 Å². The molecule has 0 aliphatic carbocycles. The average molecular weight is 306 g/mol. The number of methoxy groups -OCH3 is 2. The molecular formula is C13H27O4PSi. The van der Waals surface area contributed by atoms with Crippen LogP contribution in [0, 0.1) is 0 Å². The smallest absolute Gasteiger partial charge is 0.326 e. The first-order valence-corrected chi connectivity index (χ1v) is 11.7. The molecule has 0 aliphatic heterocycles. The highest BCUT2D eigenvalue weighted by atomic mass is 31.2. The Hall–Kier alpha value is -0.513. The lowest BCUT2D eigenvalue weighted by molar-refractivity contribution is 0.247. The fourth-order valence-corrected chi connectivity index (χ4v) is 5.44. The molecule has 0 N–H and O–H groups in total. The molecular weight excluding hydrogens is 279 g/mol. The monoisotopic (exact) mass is 306 g/mol. The zero-order chi connectivity index (χ0) is 15.1. The van der Waals surface area contributed by atoms with Crippen LogP contribution in [0.15, 0.2) is 23.3 Å². The molecule has 0 heterocycles. The second kappa shape index (κ2) is 7.93. The molecule has 0 fully saturated rings. The van der Waals surface area contributed by atoms with E-state index in [1.165, 1.54) is 14.2 Å². The fraction of sp³-hybridized carbons (Fsp3) is 0.692. The van der Waals surface area contributed by atoms with Gasteiger partial charge in [-0.25, -0.2) is 0 Å². The Morgan fingerprint density at radius 1 is 1.26 bits per heavy atom. The van der Waals surface area contributed by atoms with E-state index in [4.69, 9.17) is 14.0 Å². The quantitative estimate of drug-likeness (QED) is 0.271. The predicted octanol–water partition coefficient (Wildman–Crippen LogP) is 4.56. The van der Waals surface area contributed by atoms with Gasteiger partial charge in [-0.2, -0.15) is 0 Å². The lowest BCUT2D eigenvalue weighted by atomic mass is 10.4. The number of unbranched alkanes of at least 4 members (excludes halogenated alkanes) is 1. The van der Waals surface area contributed by atoms with Gasteiger partial charge in [0, 0.05) is 0 Å². The van der Waals surface area contributed by atoms with Gasteiger partial charge in [0.15, 0.2) is 11.0 Å². The number of rotatable bonds is 9. The zero-order valence-electron chi connectivity index (χ0n) is 13.0. The van der Waals surface area contributed by atoms with Crippen LogP contribution in [-0.2, 0) is 18.6 Å². The van der Waals surface area contributed by atoms with Crippen LogP contribution in [0.25, 0.3) is 0 Å². The van der Waals surface area contributed by atoms with E-state index in [0.717, 1.165) is 12.8 Å². The van der Waals surface area contributed by atoms with Crippen molar-refractivity contribution in [2.75, 3.05) is 20.8 Å². The van der Waals surface area contributed by atoms with Crippen LogP contribution in [0.5, 0.6) is 0 Å². The molecule has 1 unspecified atom stereocenters. The van der Waals surface area contributed by atoms with E-state index in [9.17, 15) is 4.57 Å². The summed E-state index contributed by atoms with van der Waals surface area (Å²) >= 11 is 0. The van der Waals surface area contributed by atoms with Gasteiger partial charge in [-0.15, -0.1) is 0 Å². The van der Waals surface area contributed by atoms with Crippen molar-refractivity contribution in [2.45, 2.75) is 39.4 Å². The molecule has 0 saturated heterocycles. The number of ether oxygens (including phenoxy) is 2.